The Balaban J connectivity index is 2.10. The van der Waals surface area contributed by atoms with Gasteiger partial charge in [0.1, 0.15) is 5.75 Å². The molecule has 0 aromatic heterocycles. The van der Waals surface area contributed by atoms with Crippen molar-refractivity contribution in [3.8, 4) is 5.75 Å². The molecule has 1 unspecified atom stereocenters. The predicted molar refractivity (Wildman–Crippen MR) is 88.9 cm³/mol. The first-order valence-electron chi connectivity index (χ1n) is 6.58. The molecule has 2 aromatic rings. The number of carbonyl (C=O) groups is 1. The molecule has 4 nitrogen and oxygen atoms in total. The molecule has 2 aromatic carbocycles. The van der Waals surface area contributed by atoms with Crippen LogP contribution in [-0.2, 0) is 21.3 Å². The van der Waals surface area contributed by atoms with Gasteiger partial charge in [0, 0.05) is 22.5 Å². The van der Waals surface area contributed by atoms with Crippen molar-refractivity contribution >= 4 is 34.0 Å². The van der Waals surface area contributed by atoms with Gasteiger partial charge in [0.05, 0.1) is 23.7 Å². The molecule has 0 radical (unpaired) electrons. The smallest absolute Gasteiger partial charge is 0.221 e. The van der Waals surface area contributed by atoms with E-state index in [9.17, 15) is 9.00 Å². The summed E-state index contributed by atoms with van der Waals surface area (Å²) in [5.41, 5.74) is 1.47. The molecule has 0 aliphatic rings. The third-order valence-electron chi connectivity index (χ3n) is 2.98. The second kappa shape index (κ2) is 7.42. The van der Waals surface area contributed by atoms with Crippen LogP contribution in [0.2, 0.25) is 5.02 Å². The third kappa shape index (κ3) is 4.32. The van der Waals surface area contributed by atoms with Crippen LogP contribution in [-0.4, -0.2) is 17.2 Å². The molecule has 0 aliphatic carbocycles. The van der Waals surface area contributed by atoms with E-state index in [0.29, 0.717) is 27.1 Å². The molecule has 0 heterocycles. The van der Waals surface area contributed by atoms with Gasteiger partial charge in [0.2, 0.25) is 5.91 Å². The molecule has 0 bridgehead atoms. The first kappa shape index (κ1) is 16.5. The van der Waals surface area contributed by atoms with Crippen molar-refractivity contribution in [1.82, 2.24) is 0 Å². The van der Waals surface area contributed by atoms with Crippen molar-refractivity contribution in [2.45, 2.75) is 17.6 Å². The van der Waals surface area contributed by atoms with Gasteiger partial charge in [-0.05, 0) is 42.0 Å². The Morgan fingerprint density at radius 3 is 2.45 bits per heavy atom. The van der Waals surface area contributed by atoms with Gasteiger partial charge in [-0.25, -0.2) is 0 Å². The Morgan fingerprint density at radius 2 is 1.91 bits per heavy atom. The summed E-state index contributed by atoms with van der Waals surface area (Å²) >= 11 is 6.16. The molecule has 0 aliphatic heterocycles. The van der Waals surface area contributed by atoms with E-state index < -0.39 is 10.8 Å². The summed E-state index contributed by atoms with van der Waals surface area (Å²) in [5, 5.41) is 3.20. The second-order valence-corrected chi connectivity index (χ2v) is 6.51. The maximum atomic E-state index is 12.4. The summed E-state index contributed by atoms with van der Waals surface area (Å²) in [5.74, 6) is 0.848. The number of hydrogen-bond donors (Lipinski definition) is 1. The van der Waals surface area contributed by atoms with E-state index in [4.69, 9.17) is 16.3 Å². The van der Waals surface area contributed by atoms with E-state index in [1.165, 1.54) is 6.92 Å². The largest absolute Gasteiger partial charge is 0.497 e. The van der Waals surface area contributed by atoms with E-state index in [0.717, 1.165) is 5.56 Å². The minimum Gasteiger partial charge on any atom is -0.497 e. The third-order valence-corrected chi connectivity index (χ3v) is 4.71. The topological polar surface area (TPSA) is 55.4 Å². The fourth-order valence-electron chi connectivity index (χ4n) is 1.89. The highest BCUT2D eigenvalue weighted by Crippen LogP contribution is 2.25. The number of methoxy groups -OCH3 is 1. The van der Waals surface area contributed by atoms with E-state index in [1.807, 2.05) is 6.07 Å². The van der Waals surface area contributed by atoms with Gasteiger partial charge in [-0.1, -0.05) is 17.7 Å². The van der Waals surface area contributed by atoms with Crippen molar-refractivity contribution in [2.75, 3.05) is 12.4 Å². The predicted octanol–water partition coefficient (Wildman–Crippen LogP) is 3.61. The number of anilines is 1. The van der Waals surface area contributed by atoms with Gasteiger partial charge in [-0.15, -0.1) is 0 Å². The number of nitrogens with one attached hydrogen (secondary N) is 1. The van der Waals surface area contributed by atoms with Crippen LogP contribution >= 0.6 is 11.6 Å². The van der Waals surface area contributed by atoms with Gasteiger partial charge in [0.15, 0.2) is 0 Å². The Morgan fingerprint density at radius 1 is 1.23 bits per heavy atom. The van der Waals surface area contributed by atoms with Crippen LogP contribution in [0.4, 0.5) is 5.69 Å². The lowest BCUT2D eigenvalue weighted by atomic mass is 10.2. The molecule has 0 saturated carbocycles. The van der Waals surface area contributed by atoms with E-state index in [-0.39, 0.29) is 5.91 Å². The molecular formula is C16H16ClNO3S. The lowest BCUT2D eigenvalue weighted by Crippen LogP contribution is -2.05. The van der Waals surface area contributed by atoms with Gasteiger partial charge in [0.25, 0.3) is 0 Å². The zero-order valence-corrected chi connectivity index (χ0v) is 13.8. The van der Waals surface area contributed by atoms with Crippen molar-refractivity contribution < 1.29 is 13.7 Å². The molecule has 0 fully saturated rings. The molecule has 1 N–H and O–H groups in total. The standard InChI is InChI=1S/C16H16ClNO3S/c1-11(19)18-13-4-7-15(8-5-13)22(20)10-12-3-6-14(21-2)9-16(12)17/h3-9H,10H2,1-2H3,(H,18,19). The first-order valence-corrected chi connectivity index (χ1v) is 8.27. The molecule has 0 spiro atoms. The lowest BCUT2D eigenvalue weighted by Gasteiger charge is -2.08. The van der Waals surface area contributed by atoms with Gasteiger partial charge < -0.3 is 10.1 Å². The number of rotatable bonds is 5. The Hall–Kier alpha value is -1.85. The monoisotopic (exact) mass is 337 g/mol. The number of hydrogen-bond acceptors (Lipinski definition) is 3. The minimum absolute atomic E-state index is 0.140. The number of halogens is 1. The first-order chi connectivity index (χ1) is 10.5. The normalized spacial score (nSPS) is 11.8. The van der Waals surface area contributed by atoms with Gasteiger partial charge >= 0.3 is 0 Å². The summed E-state index contributed by atoms with van der Waals surface area (Å²) in [6.45, 7) is 1.44. The summed E-state index contributed by atoms with van der Waals surface area (Å²) < 4.78 is 17.5. The average molecular weight is 338 g/mol. The van der Waals surface area contributed by atoms with Crippen LogP contribution in [0, 0.1) is 0 Å². The van der Waals surface area contributed by atoms with Crippen LogP contribution in [0.15, 0.2) is 47.4 Å². The number of ether oxygens (including phenoxy) is 1. The van der Waals surface area contributed by atoms with Crippen molar-refractivity contribution in [2.24, 2.45) is 0 Å². The quantitative estimate of drug-likeness (QED) is 0.906. The number of carbonyl (C=O) groups excluding carboxylic acids is 1. The fourth-order valence-corrected chi connectivity index (χ4v) is 3.35. The summed E-state index contributed by atoms with van der Waals surface area (Å²) in [6, 6.07) is 12.2. The summed E-state index contributed by atoms with van der Waals surface area (Å²) in [4.78, 5) is 11.6. The molecule has 1 amide bonds. The SMILES string of the molecule is COc1ccc(CS(=O)c2ccc(NC(C)=O)cc2)c(Cl)c1. The van der Waals surface area contributed by atoms with Crippen LogP contribution < -0.4 is 10.1 Å². The van der Waals surface area contributed by atoms with Gasteiger partial charge in [-0.3, -0.25) is 9.00 Å². The molecular weight excluding hydrogens is 322 g/mol. The molecule has 0 saturated heterocycles. The molecule has 116 valence electrons. The van der Waals surface area contributed by atoms with Crippen LogP contribution in [0.1, 0.15) is 12.5 Å². The van der Waals surface area contributed by atoms with E-state index in [2.05, 4.69) is 5.32 Å². The van der Waals surface area contributed by atoms with E-state index in [1.54, 1.807) is 43.5 Å². The fraction of sp³-hybridized carbons (Fsp3) is 0.188. The zero-order valence-electron chi connectivity index (χ0n) is 12.3. The molecule has 22 heavy (non-hydrogen) atoms. The highest BCUT2D eigenvalue weighted by Gasteiger charge is 2.09. The van der Waals surface area contributed by atoms with Crippen LogP contribution in [0.25, 0.3) is 0 Å². The molecule has 1 atom stereocenters. The highest BCUT2D eigenvalue weighted by molar-refractivity contribution is 7.84. The van der Waals surface area contributed by atoms with Crippen molar-refractivity contribution in [3.05, 3.63) is 53.1 Å². The maximum absolute atomic E-state index is 12.4. The van der Waals surface area contributed by atoms with E-state index >= 15 is 0 Å². The highest BCUT2D eigenvalue weighted by atomic mass is 35.5. The van der Waals surface area contributed by atoms with Crippen LogP contribution in [0.3, 0.4) is 0 Å². The van der Waals surface area contributed by atoms with Crippen molar-refractivity contribution in [1.29, 1.82) is 0 Å². The van der Waals surface area contributed by atoms with Crippen LogP contribution in [0.5, 0.6) is 5.75 Å². The molecule has 2 rings (SSSR count). The summed E-state index contributed by atoms with van der Waals surface area (Å²) in [7, 11) is 0.357. The number of amides is 1. The Labute approximate surface area is 136 Å². The average Bonchev–Trinajstić information content (AvgIpc) is 2.49. The second-order valence-electron chi connectivity index (χ2n) is 4.65. The van der Waals surface area contributed by atoms with Crippen molar-refractivity contribution in [3.63, 3.8) is 0 Å². The lowest BCUT2D eigenvalue weighted by molar-refractivity contribution is -0.114. The maximum Gasteiger partial charge on any atom is 0.221 e. The Kier molecular flexibility index (Phi) is 5.57. The zero-order chi connectivity index (χ0) is 16.1. The molecule has 6 heteroatoms. The summed E-state index contributed by atoms with van der Waals surface area (Å²) in [6.07, 6.45) is 0. The van der Waals surface area contributed by atoms with Gasteiger partial charge in [-0.2, -0.15) is 0 Å². The Bertz CT molecular complexity index is 701. The number of benzene rings is 2. The minimum atomic E-state index is -1.21.